The third-order valence-corrected chi connectivity index (χ3v) is 3.14. The van der Waals surface area contributed by atoms with E-state index in [0.29, 0.717) is 6.42 Å². The third kappa shape index (κ3) is 3.38. The zero-order chi connectivity index (χ0) is 11.7. The number of nitrogens with two attached hydrogens (primary N) is 1. The van der Waals surface area contributed by atoms with Crippen LogP contribution in [0.4, 0.5) is 4.79 Å². The van der Waals surface area contributed by atoms with E-state index in [1.807, 2.05) is 20.8 Å². The Morgan fingerprint density at radius 1 is 1.53 bits per heavy atom. The quantitative estimate of drug-likeness (QED) is 0.749. The summed E-state index contributed by atoms with van der Waals surface area (Å²) in [6, 6.07) is 0. The molecule has 1 amide bonds. The molecule has 1 saturated carbocycles. The average molecular weight is 215 g/mol. The third-order valence-electron chi connectivity index (χ3n) is 3.14. The molecule has 15 heavy (non-hydrogen) atoms. The Hall–Kier alpha value is -0.770. The number of hydrogen-bond donors (Lipinski definition) is 2. The summed E-state index contributed by atoms with van der Waals surface area (Å²) in [5, 5.41) is 9.23. The van der Waals surface area contributed by atoms with Gasteiger partial charge in [-0.3, -0.25) is 0 Å². The zero-order valence-electron chi connectivity index (χ0n) is 9.75. The second-order valence-electron chi connectivity index (χ2n) is 5.65. The highest BCUT2D eigenvalue weighted by Gasteiger charge is 2.46. The lowest BCUT2D eigenvalue weighted by Gasteiger charge is -2.32. The molecule has 1 rings (SSSR count). The zero-order valence-corrected chi connectivity index (χ0v) is 9.75. The Morgan fingerprint density at radius 3 is 2.33 bits per heavy atom. The van der Waals surface area contributed by atoms with Crippen molar-refractivity contribution in [2.45, 2.75) is 46.1 Å². The van der Waals surface area contributed by atoms with Crippen LogP contribution in [-0.2, 0) is 4.74 Å². The summed E-state index contributed by atoms with van der Waals surface area (Å²) < 4.78 is 5.12. The maximum Gasteiger partial charge on any atom is 0.404 e. The van der Waals surface area contributed by atoms with Crippen LogP contribution in [0.2, 0.25) is 0 Å². The molecule has 0 bridgehead atoms. The Balaban J connectivity index is 2.61. The minimum Gasteiger partial charge on any atom is -0.446 e. The van der Waals surface area contributed by atoms with Crippen molar-refractivity contribution in [3.8, 4) is 0 Å². The summed E-state index contributed by atoms with van der Waals surface area (Å²) in [6.07, 6.45) is 1.78. The minimum absolute atomic E-state index is 0.0204. The largest absolute Gasteiger partial charge is 0.446 e. The van der Waals surface area contributed by atoms with E-state index in [0.717, 1.165) is 12.8 Å². The smallest absolute Gasteiger partial charge is 0.404 e. The van der Waals surface area contributed by atoms with Gasteiger partial charge in [0.05, 0.1) is 0 Å². The number of carbonyl (C=O) groups is 1. The number of carbonyl (C=O) groups excluding carboxylic acids is 1. The summed E-state index contributed by atoms with van der Waals surface area (Å²) >= 11 is 0. The molecule has 1 fully saturated rings. The molecule has 4 heteroatoms. The first kappa shape index (κ1) is 12.3. The van der Waals surface area contributed by atoms with E-state index in [1.54, 1.807) is 0 Å². The first-order chi connectivity index (χ1) is 6.79. The normalized spacial score (nSPS) is 20.8. The van der Waals surface area contributed by atoms with E-state index >= 15 is 0 Å². The van der Waals surface area contributed by atoms with E-state index in [-0.39, 0.29) is 23.5 Å². The molecule has 0 saturated heterocycles. The van der Waals surface area contributed by atoms with Gasteiger partial charge < -0.3 is 15.6 Å². The summed E-state index contributed by atoms with van der Waals surface area (Å²) in [5.74, 6) is 0. The van der Waals surface area contributed by atoms with Crippen LogP contribution in [0.15, 0.2) is 0 Å². The van der Waals surface area contributed by atoms with E-state index in [2.05, 4.69) is 0 Å². The highest BCUT2D eigenvalue weighted by molar-refractivity contribution is 5.64. The fourth-order valence-corrected chi connectivity index (χ4v) is 1.66. The second-order valence-corrected chi connectivity index (χ2v) is 5.65. The van der Waals surface area contributed by atoms with Gasteiger partial charge in [0.15, 0.2) is 0 Å². The van der Waals surface area contributed by atoms with Gasteiger partial charge in [-0.05, 0) is 30.1 Å². The Labute approximate surface area is 90.8 Å². The first-order valence-electron chi connectivity index (χ1n) is 5.36. The van der Waals surface area contributed by atoms with Crippen molar-refractivity contribution in [3.05, 3.63) is 0 Å². The van der Waals surface area contributed by atoms with Crippen LogP contribution in [-0.4, -0.2) is 23.9 Å². The molecule has 0 aromatic rings. The summed E-state index contributed by atoms with van der Waals surface area (Å²) in [4.78, 5) is 10.8. The number of aliphatic hydroxyl groups is 1. The monoisotopic (exact) mass is 215 g/mol. The van der Waals surface area contributed by atoms with Crippen LogP contribution in [0.25, 0.3) is 0 Å². The number of primary amides is 1. The molecule has 88 valence electrons. The van der Waals surface area contributed by atoms with Crippen molar-refractivity contribution in [1.29, 1.82) is 0 Å². The Morgan fingerprint density at radius 2 is 2.07 bits per heavy atom. The molecule has 1 unspecified atom stereocenters. The molecule has 0 aliphatic heterocycles. The van der Waals surface area contributed by atoms with E-state index in [4.69, 9.17) is 10.5 Å². The molecule has 0 heterocycles. The van der Waals surface area contributed by atoms with Gasteiger partial charge in [0.2, 0.25) is 0 Å². The average Bonchev–Trinajstić information content (AvgIpc) is 2.82. The lowest BCUT2D eigenvalue weighted by atomic mass is 9.82. The van der Waals surface area contributed by atoms with Crippen LogP contribution in [0.3, 0.4) is 0 Å². The molecule has 0 radical (unpaired) electrons. The number of amides is 1. The van der Waals surface area contributed by atoms with Gasteiger partial charge in [-0.25, -0.2) is 4.79 Å². The molecule has 0 aromatic carbocycles. The molecule has 1 aliphatic rings. The predicted molar refractivity (Wildman–Crippen MR) is 57.3 cm³/mol. The number of ether oxygens (including phenoxy) is 1. The first-order valence-corrected chi connectivity index (χ1v) is 5.36. The van der Waals surface area contributed by atoms with Gasteiger partial charge in [-0.15, -0.1) is 0 Å². The fourth-order valence-electron chi connectivity index (χ4n) is 1.66. The van der Waals surface area contributed by atoms with E-state index in [9.17, 15) is 9.90 Å². The van der Waals surface area contributed by atoms with Gasteiger partial charge in [-0.1, -0.05) is 20.8 Å². The lowest BCUT2D eigenvalue weighted by molar-refractivity contribution is 0.00926. The minimum atomic E-state index is -0.733. The lowest BCUT2D eigenvalue weighted by Crippen LogP contribution is -2.36. The number of hydrogen-bond acceptors (Lipinski definition) is 3. The highest BCUT2D eigenvalue weighted by atomic mass is 16.6. The molecule has 0 spiro atoms. The molecule has 4 nitrogen and oxygen atoms in total. The highest BCUT2D eigenvalue weighted by Crippen LogP contribution is 2.51. The van der Waals surface area contributed by atoms with Crippen LogP contribution in [0.1, 0.15) is 40.0 Å². The van der Waals surface area contributed by atoms with Gasteiger partial charge in [0.25, 0.3) is 0 Å². The molecule has 3 N–H and O–H groups in total. The molecule has 0 aromatic heterocycles. The van der Waals surface area contributed by atoms with Crippen molar-refractivity contribution in [3.63, 3.8) is 0 Å². The molecule has 1 atom stereocenters. The Kier molecular flexibility index (Phi) is 3.28. The van der Waals surface area contributed by atoms with Crippen molar-refractivity contribution < 1.29 is 14.6 Å². The summed E-state index contributed by atoms with van der Waals surface area (Å²) in [7, 11) is 0. The maximum absolute atomic E-state index is 10.8. The van der Waals surface area contributed by atoms with Gasteiger partial charge in [0, 0.05) is 6.61 Å². The van der Waals surface area contributed by atoms with Crippen molar-refractivity contribution >= 4 is 6.09 Å². The van der Waals surface area contributed by atoms with Crippen molar-refractivity contribution in [2.24, 2.45) is 16.6 Å². The van der Waals surface area contributed by atoms with Gasteiger partial charge in [0.1, 0.15) is 6.10 Å². The summed E-state index contributed by atoms with van der Waals surface area (Å²) in [6.45, 7) is 6.19. The van der Waals surface area contributed by atoms with Crippen molar-refractivity contribution in [1.82, 2.24) is 0 Å². The van der Waals surface area contributed by atoms with E-state index in [1.165, 1.54) is 0 Å². The standard InChI is InChI=1S/C11H21NO3/c1-10(2,3)8(15-9(12)14)6-11(7-13)4-5-11/h8,13H,4-7H2,1-3H3,(H2,12,14). The van der Waals surface area contributed by atoms with Crippen LogP contribution in [0.5, 0.6) is 0 Å². The SMILES string of the molecule is CC(C)(C)C(CC1(CO)CC1)OC(N)=O. The van der Waals surface area contributed by atoms with Crippen LogP contribution in [0, 0.1) is 10.8 Å². The fraction of sp³-hybridized carbons (Fsp3) is 0.909. The van der Waals surface area contributed by atoms with Crippen molar-refractivity contribution in [2.75, 3.05) is 6.61 Å². The van der Waals surface area contributed by atoms with Gasteiger partial charge in [-0.2, -0.15) is 0 Å². The number of aliphatic hydroxyl groups excluding tert-OH is 1. The topological polar surface area (TPSA) is 72.6 Å². The van der Waals surface area contributed by atoms with Crippen LogP contribution >= 0.6 is 0 Å². The molecular weight excluding hydrogens is 194 g/mol. The maximum atomic E-state index is 10.8. The van der Waals surface area contributed by atoms with E-state index < -0.39 is 6.09 Å². The summed E-state index contributed by atoms with van der Waals surface area (Å²) in [5.41, 5.74) is 4.89. The Bertz CT molecular complexity index is 241. The predicted octanol–water partition coefficient (Wildman–Crippen LogP) is 1.66. The molecular formula is C11H21NO3. The molecule has 1 aliphatic carbocycles. The number of rotatable bonds is 4. The van der Waals surface area contributed by atoms with Crippen LogP contribution < -0.4 is 5.73 Å². The second kappa shape index (κ2) is 4.00. The van der Waals surface area contributed by atoms with Gasteiger partial charge >= 0.3 is 6.09 Å².